The Hall–Kier alpha value is -3.59. The van der Waals surface area contributed by atoms with Crippen LogP contribution in [0.5, 0.6) is 17.2 Å². The molecular weight excluding hydrogens is 454 g/mol. The number of hydrogen-bond acceptors (Lipinski definition) is 7. The van der Waals surface area contributed by atoms with E-state index in [1.165, 1.54) is 12.0 Å². The first-order valence-corrected chi connectivity index (χ1v) is 11.9. The van der Waals surface area contributed by atoms with Crippen molar-refractivity contribution in [3.05, 3.63) is 46.8 Å². The average molecular weight is 482 g/mol. The number of thiazole rings is 1. The number of carbonyl (C=O) groups excluding carboxylic acids is 2. The zero-order valence-electron chi connectivity index (χ0n) is 19.6. The van der Waals surface area contributed by atoms with Gasteiger partial charge in [-0.25, -0.2) is 4.98 Å². The molecule has 9 heteroatoms. The van der Waals surface area contributed by atoms with E-state index in [2.05, 4.69) is 12.2 Å². The fourth-order valence-electron chi connectivity index (χ4n) is 3.75. The third-order valence-corrected chi connectivity index (χ3v) is 6.37. The fourth-order valence-corrected chi connectivity index (χ4v) is 4.66. The van der Waals surface area contributed by atoms with Gasteiger partial charge in [-0.3, -0.25) is 14.5 Å². The molecule has 178 valence electrons. The number of amides is 2. The Kier molecular flexibility index (Phi) is 7.02. The highest BCUT2D eigenvalue weighted by atomic mass is 32.1. The molecule has 2 aromatic carbocycles. The first-order valence-electron chi connectivity index (χ1n) is 11.0. The predicted molar refractivity (Wildman–Crippen MR) is 132 cm³/mol. The molecule has 0 radical (unpaired) electrons. The lowest BCUT2D eigenvalue weighted by atomic mass is 10.1. The number of rotatable bonds is 8. The molecule has 3 aromatic rings. The molecule has 4 rings (SSSR count). The summed E-state index contributed by atoms with van der Waals surface area (Å²) in [5.41, 5.74) is 2.70. The van der Waals surface area contributed by atoms with Gasteiger partial charge >= 0.3 is 0 Å². The quantitative estimate of drug-likeness (QED) is 0.508. The van der Waals surface area contributed by atoms with E-state index in [-0.39, 0.29) is 18.4 Å². The number of ether oxygens (including phenoxy) is 3. The lowest BCUT2D eigenvalue weighted by Gasteiger charge is -2.33. The molecule has 0 fully saturated rings. The number of hydrogen-bond donors (Lipinski definition) is 1. The molecule has 1 aromatic heterocycles. The number of methoxy groups -OCH3 is 2. The van der Waals surface area contributed by atoms with Gasteiger partial charge in [0.15, 0.2) is 6.10 Å². The Morgan fingerprint density at radius 3 is 2.76 bits per heavy atom. The van der Waals surface area contributed by atoms with Crippen molar-refractivity contribution >= 4 is 34.5 Å². The Balaban J connectivity index is 1.61. The summed E-state index contributed by atoms with van der Waals surface area (Å²) in [6.45, 7) is 3.61. The summed E-state index contributed by atoms with van der Waals surface area (Å²) in [6, 6.07) is 10.7. The van der Waals surface area contributed by atoms with Crippen molar-refractivity contribution in [2.75, 3.05) is 31.0 Å². The predicted octanol–water partition coefficient (Wildman–Crippen LogP) is 4.53. The van der Waals surface area contributed by atoms with Crippen LogP contribution in [0.1, 0.15) is 25.3 Å². The SMILES string of the molecule is CCCc1nc(-c2ccc3c(c2)N(CC(=O)Nc2cc(OC)ccc2OC)C(=O)C(C)O3)cs1. The monoisotopic (exact) mass is 481 g/mol. The summed E-state index contributed by atoms with van der Waals surface area (Å²) < 4.78 is 16.4. The van der Waals surface area contributed by atoms with Crippen LogP contribution in [0.4, 0.5) is 11.4 Å². The van der Waals surface area contributed by atoms with Gasteiger partial charge in [-0.05, 0) is 50.1 Å². The minimum absolute atomic E-state index is 0.179. The molecule has 1 N–H and O–H groups in total. The maximum absolute atomic E-state index is 13.0. The van der Waals surface area contributed by atoms with Crippen molar-refractivity contribution in [3.8, 4) is 28.5 Å². The summed E-state index contributed by atoms with van der Waals surface area (Å²) in [5.74, 6) is 0.955. The molecule has 1 aliphatic rings. The lowest BCUT2D eigenvalue weighted by molar-refractivity contribution is -0.127. The van der Waals surface area contributed by atoms with Crippen molar-refractivity contribution in [2.45, 2.75) is 32.8 Å². The highest BCUT2D eigenvalue weighted by Gasteiger charge is 2.33. The topological polar surface area (TPSA) is 90.0 Å². The maximum Gasteiger partial charge on any atom is 0.268 e. The number of carbonyl (C=O) groups is 2. The summed E-state index contributed by atoms with van der Waals surface area (Å²) in [6.07, 6.45) is 1.25. The molecule has 2 amide bonds. The van der Waals surface area contributed by atoms with E-state index in [4.69, 9.17) is 19.2 Å². The second kappa shape index (κ2) is 10.1. The molecule has 1 aliphatic heterocycles. The largest absolute Gasteiger partial charge is 0.497 e. The summed E-state index contributed by atoms with van der Waals surface area (Å²) >= 11 is 1.62. The van der Waals surface area contributed by atoms with Crippen LogP contribution in [-0.2, 0) is 16.0 Å². The van der Waals surface area contributed by atoms with Crippen molar-refractivity contribution < 1.29 is 23.8 Å². The lowest BCUT2D eigenvalue weighted by Crippen LogP contribution is -2.47. The first-order chi connectivity index (χ1) is 16.4. The Bertz CT molecular complexity index is 1210. The maximum atomic E-state index is 13.0. The molecule has 0 aliphatic carbocycles. The summed E-state index contributed by atoms with van der Waals surface area (Å²) in [7, 11) is 3.07. The summed E-state index contributed by atoms with van der Waals surface area (Å²) in [4.78, 5) is 32.1. The molecule has 2 heterocycles. The molecule has 34 heavy (non-hydrogen) atoms. The van der Waals surface area contributed by atoms with E-state index in [1.54, 1.807) is 43.6 Å². The standard InChI is InChI=1S/C25H27N3O5S/c1-5-6-24-27-19(14-34-24)16-7-9-22-20(11-16)28(25(30)15(2)33-22)13-23(29)26-18-12-17(31-3)8-10-21(18)32-4/h7-12,14-15H,5-6,13H2,1-4H3,(H,26,29). The summed E-state index contributed by atoms with van der Waals surface area (Å²) in [5, 5.41) is 5.90. The second-order valence-electron chi connectivity index (χ2n) is 7.86. The van der Waals surface area contributed by atoms with E-state index in [1.807, 2.05) is 23.6 Å². The normalized spacial score (nSPS) is 14.9. The molecular formula is C25H27N3O5S. The van der Waals surface area contributed by atoms with E-state index >= 15 is 0 Å². The molecule has 8 nitrogen and oxygen atoms in total. The zero-order chi connectivity index (χ0) is 24.2. The number of benzene rings is 2. The zero-order valence-corrected chi connectivity index (χ0v) is 20.4. The van der Waals surface area contributed by atoms with Gasteiger partial charge in [0.05, 0.1) is 36.3 Å². The molecule has 0 saturated carbocycles. The molecule has 1 atom stereocenters. The fraction of sp³-hybridized carbons (Fsp3) is 0.320. The number of nitrogens with zero attached hydrogens (tertiary/aromatic N) is 2. The molecule has 1 unspecified atom stereocenters. The van der Waals surface area contributed by atoms with Gasteiger partial charge in [-0.15, -0.1) is 11.3 Å². The Morgan fingerprint density at radius 1 is 1.21 bits per heavy atom. The van der Waals surface area contributed by atoms with Gasteiger partial charge in [0.2, 0.25) is 5.91 Å². The third-order valence-electron chi connectivity index (χ3n) is 5.46. The van der Waals surface area contributed by atoms with E-state index < -0.39 is 6.10 Å². The first kappa shape index (κ1) is 23.6. The average Bonchev–Trinajstić information content (AvgIpc) is 3.30. The van der Waals surface area contributed by atoms with Crippen LogP contribution in [0.3, 0.4) is 0 Å². The van der Waals surface area contributed by atoms with Gasteiger partial charge in [0, 0.05) is 17.0 Å². The van der Waals surface area contributed by atoms with Gasteiger partial charge in [-0.2, -0.15) is 0 Å². The Labute approximate surface area is 202 Å². The van der Waals surface area contributed by atoms with Crippen LogP contribution >= 0.6 is 11.3 Å². The van der Waals surface area contributed by atoms with Crippen molar-refractivity contribution in [2.24, 2.45) is 0 Å². The van der Waals surface area contributed by atoms with Gasteiger partial charge in [0.1, 0.15) is 23.8 Å². The van der Waals surface area contributed by atoms with Crippen LogP contribution in [0.15, 0.2) is 41.8 Å². The van der Waals surface area contributed by atoms with Crippen molar-refractivity contribution in [3.63, 3.8) is 0 Å². The molecule has 0 saturated heterocycles. The van der Waals surface area contributed by atoms with Crippen LogP contribution in [0.2, 0.25) is 0 Å². The second-order valence-corrected chi connectivity index (χ2v) is 8.80. The van der Waals surface area contributed by atoms with Gasteiger partial charge in [-0.1, -0.05) is 6.92 Å². The minimum Gasteiger partial charge on any atom is -0.497 e. The highest BCUT2D eigenvalue weighted by molar-refractivity contribution is 7.09. The number of nitrogens with one attached hydrogen (secondary N) is 1. The molecule has 0 spiro atoms. The third kappa shape index (κ3) is 4.84. The minimum atomic E-state index is -0.701. The number of aryl methyl sites for hydroxylation is 1. The highest BCUT2D eigenvalue weighted by Crippen LogP contribution is 2.38. The van der Waals surface area contributed by atoms with E-state index in [0.29, 0.717) is 28.6 Å². The van der Waals surface area contributed by atoms with Crippen LogP contribution in [0.25, 0.3) is 11.3 Å². The van der Waals surface area contributed by atoms with Crippen LogP contribution < -0.4 is 24.4 Å². The van der Waals surface area contributed by atoms with E-state index in [0.717, 1.165) is 29.1 Å². The smallest absolute Gasteiger partial charge is 0.268 e. The Morgan fingerprint density at radius 2 is 2.03 bits per heavy atom. The van der Waals surface area contributed by atoms with Crippen molar-refractivity contribution in [1.29, 1.82) is 0 Å². The van der Waals surface area contributed by atoms with Crippen LogP contribution in [0, 0.1) is 0 Å². The number of anilines is 2. The molecule has 0 bridgehead atoms. The number of fused-ring (bicyclic) bond motifs is 1. The number of aromatic nitrogens is 1. The van der Waals surface area contributed by atoms with Gasteiger partial charge < -0.3 is 19.5 Å². The van der Waals surface area contributed by atoms with Crippen molar-refractivity contribution in [1.82, 2.24) is 4.98 Å². The van der Waals surface area contributed by atoms with Gasteiger partial charge in [0.25, 0.3) is 5.91 Å². The van der Waals surface area contributed by atoms with Crippen LogP contribution in [-0.4, -0.2) is 43.7 Å². The van der Waals surface area contributed by atoms with E-state index in [9.17, 15) is 9.59 Å².